The largest absolute Gasteiger partial charge is 0.341 e. The first-order chi connectivity index (χ1) is 9.34. The highest BCUT2D eigenvalue weighted by Gasteiger charge is 2.29. The van der Waals surface area contributed by atoms with Gasteiger partial charge in [-0.25, -0.2) is 0 Å². The third-order valence-electron chi connectivity index (χ3n) is 4.38. The van der Waals surface area contributed by atoms with E-state index in [9.17, 15) is 4.79 Å². The van der Waals surface area contributed by atoms with Gasteiger partial charge in [0.2, 0.25) is 5.91 Å². The van der Waals surface area contributed by atoms with Gasteiger partial charge in [0.1, 0.15) is 0 Å². The number of aromatic nitrogens is 2. The normalized spacial score (nSPS) is 23.0. The van der Waals surface area contributed by atoms with Crippen LogP contribution in [-0.4, -0.2) is 46.7 Å². The number of carbonyl (C=O) groups is 1. The van der Waals surface area contributed by atoms with Crippen molar-refractivity contribution in [2.75, 3.05) is 19.6 Å². The van der Waals surface area contributed by atoms with Crippen molar-refractivity contribution in [1.29, 1.82) is 0 Å². The van der Waals surface area contributed by atoms with Crippen LogP contribution in [0.4, 0.5) is 0 Å². The van der Waals surface area contributed by atoms with Crippen LogP contribution in [0.2, 0.25) is 0 Å². The summed E-state index contributed by atoms with van der Waals surface area (Å²) >= 11 is 0. The zero-order chi connectivity index (χ0) is 13.1. The predicted octanol–water partition coefficient (Wildman–Crippen LogP) is 2.10. The van der Waals surface area contributed by atoms with Gasteiger partial charge >= 0.3 is 0 Å². The Hall–Kier alpha value is -0.780. The number of hydrogen-bond donors (Lipinski definition) is 2. The molecule has 0 aromatic carbocycles. The Bertz CT molecular complexity index is 413. The van der Waals surface area contributed by atoms with Crippen LogP contribution in [0.15, 0.2) is 12.3 Å². The van der Waals surface area contributed by atoms with Crippen LogP contribution in [0.25, 0.3) is 0 Å². The lowest BCUT2D eigenvalue weighted by molar-refractivity contribution is -0.135. The highest BCUT2D eigenvalue weighted by molar-refractivity contribution is 5.85. The highest BCUT2D eigenvalue weighted by Crippen LogP contribution is 2.26. The van der Waals surface area contributed by atoms with E-state index in [-0.39, 0.29) is 30.9 Å². The third-order valence-corrected chi connectivity index (χ3v) is 4.38. The standard InChI is InChI=1S/C14H22N4O.2ClH/c19-14(13-3-1-2-7-15-13)18-9-5-11(6-10-18)12-4-8-16-17-12;;/h4,8,11,13,15H,1-3,5-7,9-10H2,(H,16,17);2*1H/t13-;;/m1../s1. The molecule has 0 radical (unpaired) electrons. The number of nitrogens with zero attached hydrogens (tertiary/aromatic N) is 2. The van der Waals surface area contributed by atoms with E-state index in [2.05, 4.69) is 15.5 Å². The van der Waals surface area contributed by atoms with Gasteiger partial charge in [0.15, 0.2) is 0 Å². The van der Waals surface area contributed by atoms with Gasteiger partial charge in [-0.15, -0.1) is 24.8 Å². The van der Waals surface area contributed by atoms with Gasteiger partial charge in [-0.2, -0.15) is 5.10 Å². The number of rotatable bonds is 2. The molecule has 2 fully saturated rings. The van der Waals surface area contributed by atoms with Crippen LogP contribution in [-0.2, 0) is 4.79 Å². The number of carbonyl (C=O) groups excluding carboxylic acids is 1. The first-order valence-electron chi connectivity index (χ1n) is 7.36. The molecule has 7 heteroatoms. The summed E-state index contributed by atoms with van der Waals surface area (Å²) in [6.45, 7) is 2.74. The molecule has 3 heterocycles. The summed E-state index contributed by atoms with van der Waals surface area (Å²) in [6.07, 6.45) is 7.26. The molecule has 3 rings (SSSR count). The summed E-state index contributed by atoms with van der Waals surface area (Å²) < 4.78 is 0. The van der Waals surface area contributed by atoms with Gasteiger partial charge in [0.25, 0.3) is 0 Å². The summed E-state index contributed by atoms with van der Waals surface area (Å²) in [5, 5.41) is 10.4. The van der Waals surface area contributed by atoms with Gasteiger partial charge in [0, 0.05) is 30.9 Å². The number of nitrogens with one attached hydrogen (secondary N) is 2. The van der Waals surface area contributed by atoms with Gasteiger partial charge in [-0.05, 0) is 38.3 Å². The summed E-state index contributed by atoms with van der Waals surface area (Å²) in [7, 11) is 0. The number of likely N-dealkylation sites (tertiary alicyclic amines) is 1. The molecule has 1 aromatic heterocycles. The van der Waals surface area contributed by atoms with Gasteiger partial charge in [0.05, 0.1) is 6.04 Å². The number of amides is 1. The van der Waals surface area contributed by atoms with Crippen LogP contribution in [0.3, 0.4) is 0 Å². The summed E-state index contributed by atoms with van der Waals surface area (Å²) in [5.41, 5.74) is 1.21. The lowest BCUT2D eigenvalue weighted by Gasteiger charge is -2.35. The molecule has 21 heavy (non-hydrogen) atoms. The Labute approximate surface area is 138 Å². The molecule has 2 aliphatic heterocycles. The molecule has 120 valence electrons. The molecule has 2 N–H and O–H groups in total. The number of aromatic amines is 1. The number of H-pyrrole nitrogens is 1. The zero-order valence-electron chi connectivity index (χ0n) is 12.1. The van der Waals surface area contributed by atoms with E-state index in [1.807, 2.05) is 11.0 Å². The fraction of sp³-hybridized carbons (Fsp3) is 0.714. The van der Waals surface area contributed by atoms with Crippen LogP contribution < -0.4 is 5.32 Å². The molecule has 2 saturated heterocycles. The molecule has 0 saturated carbocycles. The molecule has 5 nitrogen and oxygen atoms in total. The Morgan fingerprint density at radius 1 is 1.19 bits per heavy atom. The van der Waals surface area contributed by atoms with Crippen molar-refractivity contribution in [2.24, 2.45) is 0 Å². The third kappa shape index (κ3) is 4.34. The Balaban J connectivity index is 0.00000110. The van der Waals surface area contributed by atoms with Crippen LogP contribution in [0, 0.1) is 0 Å². The van der Waals surface area contributed by atoms with E-state index in [0.29, 0.717) is 11.8 Å². The van der Waals surface area contributed by atoms with Crippen molar-refractivity contribution in [3.8, 4) is 0 Å². The maximum absolute atomic E-state index is 12.4. The van der Waals surface area contributed by atoms with Crippen molar-refractivity contribution in [3.63, 3.8) is 0 Å². The maximum Gasteiger partial charge on any atom is 0.239 e. The molecule has 1 aromatic rings. The topological polar surface area (TPSA) is 61.0 Å². The van der Waals surface area contributed by atoms with Crippen molar-refractivity contribution in [1.82, 2.24) is 20.4 Å². The van der Waals surface area contributed by atoms with E-state index in [1.54, 1.807) is 6.20 Å². The smallest absolute Gasteiger partial charge is 0.239 e. The molecule has 2 aliphatic rings. The molecule has 0 bridgehead atoms. The average molecular weight is 335 g/mol. The summed E-state index contributed by atoms with van der Waals surface area (Å²) in [4.78, 5) is 14.4. The Kier molecular flexibility index (Phi) is 7.49. The van der Waals surface area contributed by atoms with E-state index < -0.39 is 0 Å². The van der Waals surface area contributed by atoms with Crippen LogP contribution in [0.1, 0.15) is 43.7 Å². The number of piperidine rings is 2. The molecular weight excluding hydrogens is 311 g/mol. The van der Waals surface area contributed by atoms with Gasteiger partial charge in [-0.3, -0.25) is 9.89 Å². The van der Waals surface area contributed by atoms with Crippen LogP contribution in [0.5, 0.6) is 0 Å². The second kappa shape index (κ2) is 8.61. The van der Waals surface area contributed by atoms with E-state index in [0.717, 1.165) is 38.9 Å². The van der Waals surface area contributed by atoms with Crippen molar-refractivity contribution >= 4 is 30.7 Å². The lowest BCUT2D eigenvalue weighted by atomic mass is 9.93. The molecular formula is C14H24Cl2N4O. The average Bonchev–Trinajstić information content (AvgIpc) is 3.02. The second-order valence-electron chi connectivity index (χ2n) is 5.61. The van der Waals surface area contributed by atoms with Gasteiger partial charge < -0.3 is 10.2 Å². The molecule has 0 spiro atoms. The van der Waals surface area contributed by atoms with Gasteiger partial charge in [-0.1, -0.05) is 6.42 Å². The SMILES string of the molecule is Cl.Cl.O=C([C@H]1CCCCN1)N1CCC(c2ccn[nH]2)CC1. The first-order valence-corrected chi connectivity index (χ1v) is 7.36. The fourth-order valence-corrected chi connectivity index (χ4v) is 3.19. The fourth-order valence-electron chi connectivity index (χ4n) is 3.19. The number of halogens is 2. The van der Waals surface area contributed by atoms with E-state index in [1.165, 1.54) is 18.5 Å². The quantitative estimate of drug-likeness (QED) is 0.870. The zero-order valence-corrected chi connectivity index (χ0v) is 13.7. The maximum atomic E-state index is 12.4. The monoisotopic (exact) mass is 334 g/mol. The number of hydrogen-bond acceptors (Lipinski definition) is 3. The molecule has 0 unspecified atom stereocenters. The predicted molar refractivity (Wildman–Crippen MR) is 87.3 cm³/mol. The molecule has 0 aliphatic carbocycles. The molecule has 1 amide bonds. The van der Waals surface area contributed by atoms with Crippen LogP contribution >= 0.6 is 24.8 Å². The summed E-state index contributed by atoms with van der Waals surface area (Å²) in [6, 6.07) is 2.11. The first kappa shape index (κ1) is 18.3. The highest BCUT2D eigenvalue weighted by atomic mass is 35.5. The minimum Gasteiger partial charge on any atom is -0.341 e. The lowest BCUT2D eigenvalue weighted by Crippen LogP contribution is -2.50. The Morgan fingerprint density at radius 2 is 1.95 bits per heavy atom. The summed E-state index contributed by atoms with van der Waals surface area (Å²) in [5.74, 6) is 0.841. The van der Waals surface area contributed by atoms with Crippen molar-refractivity contribution in [3.05, 3.63) is 18.0 Å². The minimum absolute atomic E-state index is 0. The Morgan fingerprint density at radius 3 is 2.52 bits per heavy atom. The molecule has 1 atom stereocenters. The van der Waals surface area contributed by atoms with E-state index >= 15 is 0 Å². The minimum atomic E-state index is 0. The van der Waals surface area contributed by atoms with Crippen molar-refractivity contribution in [2.45, 2.75) is 44.1 Å². The van der Waals surface area contributed by atoms with E-state index in [4.69, 9.17) is 0 Å². The second-order valence-corrected chi connectivity index (χ2v) is 5.61. The van der Waals surface area contributed by atoms with Crippen molar-refractivity contribution < 1.29 is 4.79 Å².